The van der Waals surface area contributed by atoms with Gasteiger partial charge in [0.2, 0.25) is 5.91 Å². The lowest BCUT2D eigenvalue weighted by molar-refractivity contribution is -0.117. The Morgan fingerprint density at radius 1 is 0.864 bits per heavy atom. The number of amidine groups is 1. The number of para-hydroxylation sites is 1. The van der Waals surface area contributed by atoms with Crippen molar-refractivity contribution in [3.8, 4) is 0 Å². The van der Waals surface area contributed by atoms with Crippen LogP contribution in [0.2, 0.25) is 0 Å². The van der Waals surface area contributed by atoms with Gasteiger partial charge in [0.15, 0.2) is 0 Å². The molecule has 0 radical (unpaired) electrons. The minimum absolute atomic E-state index is 0.00371. The second kappa shape index (κ2) is 14.5. The predicted octanol–water partition coefficient (Wildman–Crippen LogP) is 5.82. The van der Waals surface area contributed by atoms with Crippen LogP contribution in [-0.4, -0.2) is 35.2 Å². The fourth-order valence-corrected chi connectivity index (χ4v) is 5.17. The summed E-state index contributed by atoms with van der Waals surface area (Å²) in [5, 5.41) is 13.8. The Balaban J connectivity index is 1.22. The van der Waals surface area contributed by atoms with Crippen molar-refractivity contribution in [2.45, 2.75) is 11.3 Å². The van der Waals surface area contributed by atoms with Gasteiger partial charge in [-0.2, -0.15) is 10.1 Å². The molecule has 0 saturated heterocycles. The number of anilines is 2. The zero-order valence-electron chi connectivity index (χ0n) is 23.2. The molecule has 1 heterocycles. The molecule has 0 spiro atoms. The molecule has 0 bridgehead atoms. The van der Waals surface area contributed by atoms with Gasteiger partial charge in [-0.05, 0) is 66.2 Å². The monoisotopic (exact) mass is 667 g/mol. The van der Waals surface area contributed by atoms with Gasteiger partial charge in [0.1, 0.15) is 11.5 Å². The van der Waals surface area contributed by atoms with E-state index in [0.29, 0.717) is 16.9 Å². The molecule has 1 aliphatic rings. The van der Waals surface area contributed by atoms with Crippen LogP contribution in [0.15, 0.2) is 129 Å². The summed E-state index contributed by atoms with van der Waals surface area (Å²) in [4.78, 5) is 52.0. The van der Waals surface area contributed by atoms with E-state index in [-0.39, 0.29) is 35.5 Å². The van der Waals surface area contributed by atoms with Crippen LogP contribution in [0, 0.1) is 0 Å². The van der Waals surface area contributed by atoms with E-state index in [9.17, 15) is 19.2 Å². The maximum atomic E-state index is 13.4. The molecule has 4 amide bonds. The van der Waals surface area contributed by atoms with E-state index in [1.54, 1.807) is 66.7 Å². The molecule has 0 atom stereocenters. The number of carbonyl (C=O) groups excluding carboxylic acids is 4. The molecule has 5 rings (SSSR count). The number of carbonyl (C=O) groups is 4. The van der Waals surface area contributed by atoms with Crippen molar-refractivity contribution >= 4 is 74.6 Å². The van der Waals surface area contributed by atoms with Crippen molar-refractivity contribution < 1.29 is 19.2 Å². The first-order chi connectivity index (χ1) is 21.3. The molecule has 4 aromatic carbocycles. The number of benzene rings is 4. The van der Waals surface area contributed by atoms with E-state index >= 15 is 0 Å². The van der Waals surface area contributed by atoms with Crippen LogP contribution in [0.3, 0.4) is 0 Å². The van der Waals surface area contributed by atoms with Gasteiger partial charge in [-0.3, -0.25) is 19.2 Å². The van der Waals surface area contributed by atoms with Gasteiger partial charge in [0.05, 0.1) is 17.9 Å². The van der Waals surface area contributed by atoms with E-state index in [4.69, 9.17) is 0 Å². The molecule has 0 fully saturated rings. The second-order valence-corrected chi connectivity index (χ2v) is 11.5. The summed E-state index contributed by atoms with van der Waals surface area (Å²) in [6.07, 6.45) is 1.60. The van der Waals surface area contributed by atoms with E-state index in [2.05, 4.69) is 37.0 Å². The Morgan fingerprint density at radius 2 is 1.57 bits per heavy atom. The highest BCUT2D eigenvalue weighted by molar-refractivity contribution is 9.10. The third kappa shape index (κ3) is 8.30. The van der Waals surface area contributed by atoms with Gasteiger partial charge in [-0.1, -0.05) is 70.5 Å². The van der Waals surface area contributed by atoms with E-state index in [1.807, 2.05) is 48.5 Å². The number of hydrogen-bond donors (Lipinski definition) is 3. The lowest BCUT2D eigenvalue weighted by Gasteiger charge is -2.12. The van der Waals surface area contributed by atoms with Gasteiger partial charge >= 0.3 is 0 Å². The molecule has 9 nitrogen and oxygen atoms in total. The quantitative estimate of drug-likeness (QED) is 0.154. The predicted molar refractivity (Wildman–Crippen MR) is 176 cm³/mol. The summed E-state index contributed by atoms with van der Waals surface area (Å²) < 4.78 is 0.885. The number of hydrazone groups is 1. The molecule has 0 aliphatic carbocycles. The van der Waals surface area contributed by atoms with Crippen LogP contribution in [0.5, 0.6) is 0 Å². The Hall–Kier alpha value is -5.00. The normalized spacial score (nSPS) is 12.8. The van der Waals surface area contributed by atoms with E-state index in [1.165, 1.54) is 16.8 Å². The molecule has 0 saturated carbocycles. The minimum Gasteiger partial charge on any atom is -0.321 e. The molecule has 44 heavy (non-hydrogen) atoms. The first-order valence-corrected chi connectivity index (χ1v) is 15.2. The highest BCUT2D eigenvalue weighted by atomic mass is 79.9. The van der Waals surface area contributed by atoms with Crippen LogP contribution in [0.1, 0.15) is 22.3 Å². The average molecular weight is 669 g/mol. The largest absolute Gasteiger partial charge is 0.321 e. The van der Waals surface area contributed by atoms with Crippen LogP contribution in [-0.2, 0) is 14.4 Å². The third-order valence-electron chi connectivity index (χ3n) is 6.23. The molecular weight excluding hydrogens is 642 g/mol. The highest BCUT2D eigenvalue weighted by Crippen LogP contribution is 2.23. The van der Waals surface area contributed by atoms with E-state index < -0.39 is 11.8 Å². The van der Waals surface area contributed by atoms with Crippen LogP contribution >= 0.6 is 27.7 Å². The number of hydrogen-bond acceptors (Lipinski definition) is 6. The number of nitrogens with zero attached hydrogens (tertiary/aromatic N) is 2. The van der Waals surface area contributed by atoms with Crippen molar-refractivity contribution in [2.24, 2.45) is 5.10 Å². The van der Waals surface area contributed by atoms with Crippen LogP contribution < -0.4 is 21.0 Å². The fraction of sp³-hybridized carbons (Fsp3) is 0.0606. The summed E-state index contributed by atoms with van der Waals surface area (Å²) in [6, 6.07) is 32.0. The van der Waals surface area contributed by atoms with Crippen molar-refractivity contribution in [2.75, 3.05) is 16.1 Å². The van der Waals surface area contributed by atoms with Crippen LogP contribution in [0.25, 0.3) is 6.08 Å². The highest BCUT2D eigenvalue weighted by Gasteiger charge is 2.26. The number of thioether (sulfide) groups is 1. The molecule has 11 heteroatoms. The van der Waals surface area contributed by atoms with Gasteiger partial charge in [0, 0.05) is 20.6 Å². The SMILES string of the molecule is O=C(CSc1cccc(NC(=O)/C(=C/c2ccc(Br)cc2)NC(=O)c2ccccc2)c1)NC1=NN(c2ccccc2)C(=O)C1. The summed E-state index contributed by atoms with van der Waals surface area (Å²) in [7, 11) is 0. The van der Waals surface area contributed by atoms with Gasteiger partial charge < -0.3 is 16.0 Å². The molecule has 0 aromatic heterocycles. The second-order valence-electron chi connectivity index (χ2n) is 9.51. The maximum Gasteiger partial charge on any atom is 0.272 e. The third-order valence-corrected chi connectivity index (χ3v) is 7.75. The van der Waals surface area contributed by atoms with Gasteiger partial charge in [-0.15, -0.1) is 11.8 Å². The number of halogens is 1. The lowest BCUT2D eigenvalue weighted by Crippen LogP contribution is -2.31. The number of nitrogens with one attached hydrogen (secondary N) is 3. The molecule has 4 aromatic rings. The lowest BCUT2D eigenvalue weighted by atomic mass is 10.1. The summed E-state index contributed by atoms with van der Waals surface area (Å²) >= 11 is 4.67. The smallest absolute Gasteiger partial charge is 0.272 e. The van der Waals surface area contributed by atoms with Crippen LogP contribution in [0.4, 0.5) is 11.4 Å². The Bertz CT molecular complexity index is 1750. The Labute approximate surface area is 266 Å². The molecule has 0 unspecified atom stereocenters. The van der Waals surface area contributed by atoms with Gasteiger partial charge in [0.25, 0.3) is 17.7 Å². The fourth-order valence-electron chi connectivity index (χ4n) is 4.15. The topological polar surface area (TPSA) is 120 Å². The maximum absolute atomic E-state index is 13.4. The molecule has 1 aliphatic heterocycles. The first-order valence-electron chi connectivity index (χ1n) is 13.5. The average Bonchev–Trinajstić information content (AvgIpc) is 3.41. The zero-order chi connectivity index (χ0) is 30.9. The molecule has 3 N–H and O–H groups in total. The molecule has 220 valence electrons. The Kier molecular flexibility index (Phi) is 10.0. The van der Waals surface area contributed by atoms with Crippen molar-refractivity contribution in [1.29, 1.82) is 0 Å². The van der Waals surface area contributed by atoms with Crippen molar-refractivity contribution in [3.63, 3.8) is 0 Å². The first kappa shape index (κ1) is 30.5. The summed E-state index contributed by atoms with van der Waals surface area (Å²) in [5.74, 6) is -1.11. The van der Waals surface area contributed by atoms with Crippen molar-refractivity contribution in [1.82, 2.24) is 10.6 Å². The van der Waals surface area contributed by atoms with Gasteiger partial charge in [-0.25, -0.2) is 0 Å². The number of rotatable bonds is 9. The zero-order valence-corrected chi connectivity index (χ0v) is 25.6. The number of amides is 4. The summed E-state index contributed by atoms with van der Waals surface area (Å²) in [6.45, 7) is 0. The van der Waals surface area contributed by atoms with Crippen molar-refractivity contribution in [3.05, 3.63) is 130 Å². The molecular formula is C33H26BrN5O4S. The standard InChI is InChI=1S/C33H26BrN5O4S/c34-24-16-14-22(15-17-24)18-28(36-32(42)23-8-3-1-4-9-23)33(43)35-25-10-7-13-27(19-25)44-21-30(40)37-29-20-31(41)39(38-29)26-11-5-2-6-12-26/h1-19H,20-21H2,(H,35,43)(H,36,42)(H,37,38,40)/b28-18-. The Morgan fingerprint density at radius 3 is 2.30 bits per heavy atom. The summed E-state index contributed by atoms with van der Waals surface area (Å²) in [5.41, 5.74) is 2.32. The van der Waals surface area contributed by atoms with E-state index in [0.717, 1.165) is 14.9 Å². The minimum atomic E-state index is -0.510.